The van der Waals surface area contributed by atoms with Crippen molar-refractivity contribution in [3.05, 3.63) is 54.6 Å². The van der Waals surface area contributed by atoms with Gasteiger partial charge in [0.15, 0.2) is 0 Å². The lowest BCUT2D eigenvalue weighted by Crippen LogP contribution is -2.37. The van der Waals surface area contributed by atoms with Gasteiger partial charge in [0.2, 0.25) is 5.95 Å². The third kappa shape index (κ3) is 4.57. The van der Waals surface area contributed by atoms with E-state index in [0.717, 1.165) is 35.8 Å². The Bertz CT molecular complexity index is 974. The standard InChI is InChI=1S/C22H24N4O3/c1-2-29-20-9-4-3-8-18(20)23-21-15-19(16-6-5-7-17(27)14-16)24-22(25-21)26-10-12-28-13-11-26/h3-9,14-15,27H,2,10-13H2,1H3,(H,23,24,25). The van der Waals surface area contributed by atoms with Gasteiger partial charge in [-0.25, -0.2) is 4.98 Å². The van der Waals surface area contributed by atoms with Gasteiger partial charge in [-0.1, -0.05) is 24.3 Å². The highest BCUT2D eigenvalue weighted by Gasteiger charge is 2.17. The van der Waals surface area contributed by atoms with Crippen molar-refractivity contribution in [2.24, 2.45) is 0 Å². The number of hydrogen-bond acceptors (Lipinski definition) is 7. The quantitative estimate of drug-likeness (QED) is 0.660. The van der Waals surface area contributed by atoms with E-state index >= 15 is 0 Å². The maximum atomic E-state index is 9.89. The normalized spacial score (nSPS) is 13.9. The van der Waals surface area contributed by atoms with Crippen molar-refractivity contribution >= 4 is 17.5 Å². The monoisotopic (exact) mass is 392 g/mol. The Morgan fingerprint density at radius 1 is 1.07 bits per heavy atom. The summed E-state index contributed by atoms with van der Waals surface area (Å²) in [4.78, 5) is 11.6. The van der Waals surface area contributed by atoms with E-state index in [4.69, 9.17) is 19.4 Å². The van der Waals surface area contributed by atoms with E-state index in [-0.39, 0.29) is 5.75 Å². The molecular formula is C22H24N4O3. The SMILES string of the molecule is CCOc1ccccc1Nc1cc(-c2cccc(O)c2)nc(N2CCOCC2)n1. The predicted molar refractivity (Wildman–Crippen MR) is 113 cm³/mol. The number of aromatic nitrogens is 2. The van der Waals surface area contributed by atoms with Crippen LogP contribution in [0.15, 0.2) is 54.6 Å². The van der Waals surface area contributed by atoms with Gasteiger partial charge in [-0.05, 0) is 31.2 Å². The summed E-state index contributed by atoms with van der Waals surface area (Å²) >= 11 is 0. The molecule has 1 fully saturated rings. The maximum absolute atomic E-state index is 9.89. The Hall–Kier alpha value is -3.32. The van der Waals surface area contributed by atoms with Crippen molar-refractivity contribution < 1.29 is 14.6 Å². The second-order valence-electron chi connectivity index (χ2n) is 6.64. The largest absolute Gasteiger partial charge is 0.508 e. The van der Waals surface area contributed by atoms with Crippen molar-refractivity contribution in [3.8, 4) is 22.8 Å². The van der Waals surface area contributed by atoms with Gasteiger partial charge < -0.3 is 24.8 Å². The van der Waals surface area contributed by atoms with Crippen LogP contribution in [0.5, 0.6) is 11.5 Å². The number of phenolic OH excluding ortho intramolecular Hbond substituents is 1. The van der Waals surface area contributed by atoms with Crippen LogP contribution in [-0.2, 0) is 4.74 Å². The van der Waals surface area contributed by atoms with Gasteiger partial charge in [0.05, 0.1) is 31.2 Å². The zero-order valence-corrected chi connectivity index (χ0v) is 16.3. The third-order valence-electron chi connectivity index (χ3n) is 4.60. The Morgan fingerprint density at radius 2 is 1.90 bits per heavy atom. The first-order valence-corrected chi connectivity index (χ1v) is 9.73. The lowest BCUT2D eigenvalue weighted by atomic mass is 10.1. The van der Waals surface area contributed by atoms with E-state index in [1.54, 1.807) is 18.2 Å². The molecule has 0 saturated carbocycles. The molecule has 0 radical (unpaired) electrons. The van der Waals surface area contributed by atoms with E-state index < -0.39 is 0 Å². The molecule has 2 heterocycles. The minimum atomic E-state index is 0.199. The minimum absolute atomic E-state index is 0.199. The number of para-hydroxylation sites is 2. The van der Waals surface area contributed by atoms with E-state index in [1.165, 1.54) is 0 Å². The van der Waals surface area contributed by atoms with Crippen LogP contribution < -0.4 is 15.0 Å². The van der Waals surface area contributed by atoms with Crippen LogP contribution in [-0.4, -0.2) is 48.0 Å². The number of anilines is 3. The summed E-state index contributed by atoms with van der Waals surface area (Å²) in [5, 5.41) is 13.3. The minimum Gasteiger partial charge on any atom is -0.508 e. The molecule has 1 aliphatic heterocycles. The predicted octanol–water partition coefficient (Wildman–Crippen LogP) is 3.83. The molecule has 1 aliphatic rings. The van der Waals surface area contributed by atoms with Crippen LogP contribution in [0.3, 0.4) is 0 Å². The molecule has 150 valence electrons. The molecule has 1 aromatic heterocycles. The summed E-state index contributed by atoms with van der Waals surface area (Å²) in [5.41, 5.74) is 2.39. The van der Waals surface area contributed by atoms with Crippen LogP contribution in [0.4, 0.5) is 17.5 Å². The summed E-state index contributed by atoms with van der Waals surface area (Å²) in [6, 6.07) is 16.7. The van der Waals surface area contributed by atoms with Gasteiger partial charge in [-0.2, -0.15) is 4.98 Å². The number of aromatic hydroxyl groups is 1. The molecule has 2 aromatic carbocycles. The average molecular weight is 392 g/mol. The number of nitrogens with one attached hydrogen (secondary N) is 1. The van der Waals surface area contributed by atoms with E-state index in [9.17, 15) is 5.11 Å². The van der Waals surface area contributed by atoms with E-state index in [2.05, 4.69) is 10.2 Å². The molecule has 2 N–H and O–H groups in total. The maximum Gasteiger partial charge on any atom is 0.228 e. The molecule has 29 heavy (non-hydrogen) atoms. The second kappa shape index (κ2) is 8.79. The lowest BCUT2D eigenvalue weighted by molar-refractivity contribution is 0.122. The van der Waals surface area contributed by atoms with Gasteiger partial charge in [0.1, 0.15) is 17.3 Å². The first kappa shape index (κ1) is 19.0. The number of morpholine rings is 1. The van der Waals surface area contributed by atoms with Crippen LogP contribution in [0, 0.1) is 0 Å². The summed E-state index contributed by atoms with van der Waals surface area (Å²) in [6.07, 6.45) is 0. The van der Waals surface area contributed by atoms with Crippen molar-refractivity contribution in [1.82, 2.24) is 9.97 Å². The van der Waals surface area contributed by atoms with Gasteiger partial charge >= 0.3 is 0 Å². The Labute approximate surface area is 169 Å². The van der Waals surface area contributed by atoms with Crippen LogP contribution in [0.2, 0.25) is 0 Å². The molecule has 3 aromatic rings. The highest BCUT2D eigenvalue weighted by molar-refractivity contribution is 5.70. The molecule has 0 atom stereocenters. The number of nitrogens with zero attached hydrogens (tertiary/aromatic N) is 3. The molecule has 4 rings (SSSR count). The summed E-state index contributed by atoms with van der Waals surface area (Å²) in [5.74, 6) is 2.25. The summed E-state index contributed by atoms with van der Waals surface area (Å²) < 4.78 is 11.2. The first-order chi connectivity index (χ1) is 14.2. The van der Waals surface area contributed by atoms with E-state index in [1.807, 2.05) is 43.3 Å². The third-order valence-corrected chi connectivity index (χ3v) is 4.60. The molecule has 0 aliphatic carbocycles. The van der Waals surface area contributed by atoms with Crippen molar-refractivity contribution in [2.75, 3.05) is 43.1 Å². The highest BCUT2D eigenvalue weighted by atomic mass is 16.5. The van der Waals surface area contributed by atoms with Crippen LogP contribution in [0.25, 0.3) is 11.3 Å². The van der Waals surface area contributed by atoms with Crippen LogP contribution >= 0.6 is 0 Å². The summed E-state index contributed by atoms with van der Waals surface area (Å²) in [7, 11) is 0. The first-order valence-electron chi connectivity index (χ1n) is 9.73. The Kier molecular flexibility index (Phi) is 5.76. The number of phenols is 1. The average Bonchev–Trinajstić information content (AvgIpc) is 2.76. The topological polar surface area (TPSA) is 79.7 Å². The zero-order chi connectivity index (χ0) is 20.1. The molecule has 7 heteroatoms. The van der Waals surface area contributed by atoms with Crippen molar-refractivity contribution in [2.45, 2.75) is 6.92 Å². The Balaban J connectivity index is 1.73. The van der Waals surface area contributed by atoms with Crippen molar-refractivity contribution in [3.63, 3.8) is 0 Å². The highest BCUT2D eigenvalue weighted by Crippen LogP contribution is 2.30. The molecule has 0 unspecified atom stereocenters. The van der Waals surface area contributed by atoms with Gasteiger partial charge in [-0.3, -0.25) is 0 Å². The number of hydrogen-bond donors (Lipinski definition) is 2. The fourth-order valence-corrected chi connectivity index (χ4v) is 3.21. The smallest absolute Gasteiger partial charge is 0.228 e. The van der Waals surface area contributed by atoms with Gasteiger partial charge in [-0.15, -0.1) is 0 Å². The molecular weight excluding hydrogens is 368 g/mol. The van der Waals surface area contributed by atoms with E-state index in [0.29, 0.717) is 31.6 Å². The molecule has 7 nitrogen and oxygen atoms in total. The van der Waals surface area contributed by atoms with Gasteiger partial charge in [0.25, 0.3) is 0 Å². The molecule has 0 amide bonds. The number of rotatable bonds is 6. The number of ether oxygens (including phenoxy) is 2. The van der Waals surface area contributed by atoms with Crippen molar-refractivity contribution in [1.29, 1.82) is 0 Å². The number of benzene rings is 2. The Morgan fingerprint density at radius 3 is 2.69 bits per heavy atom. The summed E-state index contributed by atoms with van der Waals surface area (Å²) in [6.45, 7) is 5.30. The lowest BCUT2D eigenvalue weighted by Gasteiger charge is -2.27. The fraction of sp³-hybridized carbons (Fsp3) is 0.273. The fourth-order valence-electron chi connectivity index (χ4n) is 3.21. The second-order valence-corrected chi connectivity index (χ2v) is 6.64. The van der Waals surface area contributed by atoms with Crippen LogP contribution in [0.1, 0.15) is 6.92 Å². The molecule has 0 bridgehead atoms. The zero-order valence-electron chi connectivity index (χ0n) is 16.3. The van der Waals surface area contributed by atoms with Gasteiger partial charge in [0, 0.05) is 24.7 Å². The molecule has 1 saturated heterocycles. The molecule has 0 spiro atoms.